The predicted octanol–water partition coefficient (Wildman–Crippen LogP) is 1.69. The largest absolute Gasteiger partial charge is 0.490 e. The highest BCUT2D eigenvalue weighted by Gasteiger charge is 2.03. The molecule has 1 radical (unpaired) electrons. The number of nitrogens with two attached hydrogens (primary N) is 1. The zero-order valence-corrected chi connectivity index (χ0v) is 7.04. The minimum Gasteiger partial charge on any atom is -0.490 e. The zero-order chi connectivity index (χ0) is 8.97. The highest BCUT2D eigenvalue weighted by Crippen LogP contribution is 2.27. The van der Waals surface area contributed by atoms with Gasteiger partial charge in [0.25, 0.3) is 0 Å². The number of hydrogen-bond donors (Lipinski definition) is 1. The maximum absolute atomic E-state index is 11.1. The first-order valence-corrected chi connectivity index (χ1v) is 3.90. The second-order valence-electron chi connectivity index (χ2n) is 2.42. The zero-order valence-electron chi connectivity index (χ0n) is 7.04. The van der Waals surface area contributed by atoms with Gasteiger partial charge in [-0.05, 0) is 24.6 Å². The molecule has 12 heavy (non-hydrogen) atoms. The molecule has 3 heteroatoms. The Labute approximate surface area is 71.8 Å². The fourth-order valence-corrected chi connectivity index (χ4v) is 0.948. The predicted molar refractivity (Wildman–Crippen MR) is 45.6 cm³/mol. The first kappa shape index (κ1) is 8.87. The monoisotopic (exact) mass is 166 g/mol. The van der Waals surface area contributed by atoms with Gasteiger partial charge in [0.05, 0.1) is 6.61 Å². The Bertz CT molecular complexity index is 261. The van der Waals surface area contributed by atoms with Crippen LogP contribution in [0.5, 0.6) is 11.5 Å². The lowest BCUT2D eigenvalue weighted by atomic mass is 10.2. The molecule has 0 aliphatic carbocycles. The summed E-state index contributed by atoms with van der Waals surface area (Å²) in [5, 5.41) is 11.1. The Morgan fingerprint density at radius 3 is 2.83 bits per heavy atom. The molecule has 2 N–H and O–H groups in total. The normalized spacial score (nSPS) is 9.83. The Balaban J connectivity index is 2.91. The summed E-state index contributed by atoms with van der Waals surface area (Å²) in [6, 6.07) is 4.88. The molecule has 0 heterocycles. The molecule has 0 aliphatic heterocycles. The van der Waals surface area contributed by atoms with E-state index in [4.69, 9.17) is 10.5 Å². The minimum absolute atomic E-state index is 0.0888. The van der Waals surface area contributed by atoms with Crippen molar-refractivity contribution in [2.45, 2.75) is 13.5 Å². The van der Waals surface area contributed by atoms with E-state index in [0.29, 0.717) is 18.9 Å². The lowest BCUT2D eigenvalue weighted by Crippen LogP contribution is -1.97. The first-order chi connectivity index (χ1) is 5.77. The number of hydrogen-bond acceptors (Lipinski definition) is 2. The standard InChI is InChI=1S/C9H12NO2/c1-2-12-9-5-7(6-10)3-4-8(9)11/h3-5H,2,6,10H2,1H3. The molecular formula is C9H12NO2. The van der Waals surface area contributed by atoms with Crippen LogP contribution in [0.25, 0.3) is 0 Å². The van der Waals surface area contributed by atoms with E-state index in [9.17, 15) is 5.11 Å². The maximum atomic E-state index is 11.1. The van der Waals surface area contributed by atoms with Gasteiger partial charge in [-0.15, -0.1) is 0 Å². The molecule has 0 fully saturated rings. The smallest absolute Gasteiger partial charge is 0.220 e. The molecule has 65 valence electrons. The highest BCUT2D eigenvalue weighted by molar-refractivity contribution is 5.41. The molecule has 0 amide bonds. The topological polar surface area (TPSA) is 55.1 Å². The summed E-state index contributed by atoms with van der Waals surface area (Å²) in [7, 11) is 0. The molecule has 1 rings (SSSR count). The molecule has 0 unspecified atom stereocenters. The van der Waals surface area contributed by atoms with Gasteiger partial charge >= 0.3 is 0 Å². The Morgan fingerprint density at radius 2 is 2.25 bits per heavy atom. The van der Waals surface area contributed by atoms with Crippen molar-refractivity contribution < 1.29 is 9.84 Å². The molecule has 0 aromatic heterocycles. The van der Waals surface area contributed by atoms with Gasteiger partial charge in [0.2, 0.25) is 5.75 Å². The summed E-state index contributed by atoms with van der Waals surface area (Å²) in [6.45, 7) is 2.78. The van der Waals surface area contributed by atoms with E-state index in [1.165, 1.54) is 6.07 Å². The summed E-state index contributed by atoms with van der Waals surface area (Å²) in [5.74, 6) is 0.300. The van der Waals surface area contributed by atoms with Crippen molar-refractivity contribution in [3.63, 3.8) is 0 Å². The van der Waals surface area contributed by atoms with Gasteiger partial charge < -0.3 is 10.5 Å². The fraction of sp³-hybridized carbons (Fsp3) is 0.333. The van der Waals surface area contributed by atoms with Gasteiger partial charge in [-0.1, -0.05) is 6.07 Å². The molecule has 1 aromatic carbocycles. The lowest BCUT2D eigenvalue weighted by Gasteiger charge is -2.04. The van der Waals surface area contributed by atoms with Crippen molar-refractivity contribution in [1.29, 1.82) is 0 Å². The number of benzene rings is 1. The molecule has 0 saturated heterocycles. The molecule has 3 nitrogen and oxygen atoms in total. The maximum Gasteiger partial charge on any atom is 0.220 e. The average Bonchev–Trinajstić information content (AvgIpc) is 2.09. The Hall–Kier alpha value is -1.22. The van der Waals surface area contributed by atoms with E-state index in [-0.39, 0.29) is 5.75 Å². The number of rotatable bonds is 3. The third-order valence-corrected chi connectivity index (χ3v) is 1.54. The molecule has 0 atom stereocenters. The van der Waals surface area contributed by atoms with E-state index >= 15 is 0 Å². The van der Waals surface area contributed by atoms with Crippen LogP contribution >= 0.6 is 0 Å². The van der Waals surface area contributed by atoms with Crippen LogP contribution in [-0.2, 0) is 11.7 Å². The third-order valence-electron chi connectivity index (χ3n) is 1.54. The molecule has 1 aromatic rings. The summed E-state index contributed by atoms with van der Waals surface area (Å²) in [5.41, 5.74) is 6.32. The molecular weight excluding hydrogens is 154 g/mol. The van der Waals surface area contributed by atoms with Gasteiger partial charge in [0, 0.05) is 6.54 Å². The van der Waals surface area contributed by atoms with E-state index in [0.717, 1.165) is 5.56 Å². The highest BCUT2D eigenvalue weighted by atomic mass is 16.5. The van der Waals surface area contributed by atoms with E-state index in [1.807, 2.05) is 6.92 Å². The minimum atomic E-state index is -0.0888. The van der Waals surface area contributed by atoms with Gasteiger partial charge in [-0.3, -0.25) is 5.11 Å². The quantitative estimate of drug-likeness (QED) is 0.742. The second kappa shape index (κ2) is 3.97. The van der Waals surface area contributed by atoms with Crippen LogP contribution in [0, 0.1) is 0 Å². The molecule has 0 aliphatic rings. The number of ether oxygens (including phenoxy) is 1. The third kappa shape index (κ3) is 1.89. The molecule has 0 spiro atoms. The summed E-state index contributed by atoms with van der Waals surface area (Å²) in [4.78, 5) is 0. The van der Waals surface area contributed by atoms with Crippen molar-refractivity contribution in [3.05, 3.63) is 23.8 Å². The van der Waals surface area contributed by atoms with E-state index < -0.39 is 0 Å². The van der Waals surface area contributed by atoms with Crippen molar-refractivity contribution in [2.24, 2.45) is 5.73 Å². The van der Waals surface area contributed by atoms with E-state index in [1.54, 1.807) is 12.1 Å². The lowest BCUT2D eigenvalue weighted by molar-refractivity contribution is 0.287. The van der Waals surface area contributed by atoms with Crippen molar-refractivity contribution in [3.8, 4) is 11.5 Å². The SMILES string of the molecule is CCOc1cc(CN)ccc1[O]. The van der Waals surface area contributed by atoms with Crippen LogP contribution in [0.15, 0.2) is 18.2 Å². The molecule has 0 bridgehead atoms. The van der Waals surface area contributed by atoms with Crippen LogP contribution in [-0.4, -0.2) is 6.61 Å². The van der Waals surface area contributed by atoms with Crippen molar-refractivity contribution in [2.75, 3.05) is 6.61 Å². The van der Waals surface area contributed by atoms with Crippen LogP contribution < -0.4 is 10.5 Å². The van der Waals surface area contributed by atoms with Gasteiger partial charge in [-0.25, -0.2) is 0 Å². The van der Waals surface area contributed by atoms with Crippen molar-refractivity contribution in [1.82, 2.24) is 0 Å². The second-order valence-corrected chi connectivity index (χ2v) is 2.42. The first-order valence-electron chi connectivity index (χ1n) is 3.90. The summed E-state index contributed by atoms with van der Waals surface area (Å²) < 4.78 is 5.11. The van der Waals surface area contributed by atoms with Crippen LogP contribution in [0.3, 0.4) is 0 Å². The van der Waals surface area contributed by atoms with Crippen LogP contribution in [0.2, 0.25) is 0 Å². The molecule has 0 saturated carbocycles. The van der Waals surface area contributed by atoms with E-state index in [2.05, 4.69) is 0 Å². The van der Waals surface area contributed by atoms with Crippen LogP contribution in [0.4, 0.5) is 0 Å². The van der Waals surface area contributed by atoms with Gasteiger partial charge in [-0.2, -0.15) is 0 Å². The average molecular weight is 166 g/mol. The van der Waals surface area contributed by atoms with Gasteiger partial charge in [0.1, 0.15) is 0 Å². The van der Waals surface area contributed by atoms with Crippen LogP contribution in [0.1, 0.15) is 12.5 Å². The van der Waals surface area contributed by atoms with Gasteiger partial charge in [0.15, 0.2) is 5.75 Å². The summed E-state index contributed by atoms with van der Waals surface area (Å²) in [6.07, 6.45) is 0. The Morgan fingerprint density at radius 1 is 1.50 bits per heavy atom. The Kier molecular flexibility index (Phi) is 2.94. The van der Waals surface area contributed by atoms with Crippen molar-refractivity contribution >= 4 is 0 Å². The fourth-order valence-electron chi connectivity index (χ4n) is 0.948. The summed E-state index contributed by atoms with van der Waals surface area (Å²) >= 11 is 0.